The molecule has 0 bridgehead atoms. The van der Waals surface area contributed by atoms with Crippen molar-refractivity contribution in [1.29, 1.82) is 0 Å². The molecule has 2 aliphatic rings. The lowest BCUT2D eigenvalue weighted by Gasteiger charge is -2.16. The number of nitrogens with zero attached hydrogens (tertiary/aromatic N) is 1. The summed E-state index contributed by atoms with van der Waals surface area (Å²) in [6.45, 7) is 4.04. The van der Waals surface area contributed by atoms with E-state index in [1.54, 1.807) is 29.2 Å². The van der Waals surface area contributed by atoms with Crippen LogP contribution >= 0.6 is 0 Å². The summed E-state index contributed by atoms with van der Waals surface area (Å²) in [6.07, 6.45) is 3.78. The lowest BCUT2D eigenvalue weighted by atomic mass is 10.1. The van der Waals surface area contributed by atoms with Crippen molar-refractivity contribution >= 4 is 39.1 Å². The van der Waals surface area contributed by atoms with Gasteiger partial charge in [-0.05, 0) is 67.8 Å². The number of amides is 3. The van der Waals surface area contributed by atoms with Crippen LogP contribution in [0.25, 0.3) is 0 Å². The van der Waals surface area contributed by atoms with Crippen LogP contribution in [0.5, 0.6) is 0 Å². The highest BCUT2D eigenvalue weighted by Gasteiger charge is 2.33. The summed E-state index contributed by atoms with van der Waals surface area (Å²) in [6, 6.07) is 12.4. The third kappa shape index (κ3) is 7.18. The van der Waals surface area contributed by atoms with Gasteiger partial charge in [0.1, 0.15) is 0 Å². The zero-order valence-corrected chi connectivity index (χ0v) is 22.3. The van der Waals surface area contributed by atoms with Gasteiger partial charge >= 0.3 is 0 Å². The van der Waals surface area contributed by atoms with Crippen molar-refractivity contribution < 1.29 is 27.5 Å². The zero-order chi connectivity index (χ0) is 27.1. The number of carbonyl (C=O) groups excluding carboxylic acids is 3. The molecule has 4 rings (SSSR count). The van der Waals surface area contributed by atoms with Crippen LogP contribution < -0.4 is 15.4 Å². The maximum Gasteiger partial charge on any atom is 0.255 e. The van der Waals surface area contributed by atoms with Crippen LogP contribution in [0.2, 0.25) is 0 Å². The molecule has 2 unspecified atom stereocenters. The molecule has 10 nitrogen and oxygen atoms in total. The van der Waals surface area contributed by atoms with E-state index in [2.05, 4.69) is 22.3 Å². The molecule has 2 atom stereocenters. The second-order valence-corrected chi connectivity index (χ2v) is 11.4. The first-order valence-corrected chi connectivity index (χ1v) is 14.4. The molecule has 2 aromatic rings. The summed E-state index contributed by atoms with van der Waals surface area (Å²) in [5.74, 6) is -0.968. The van der Waals surface area contributed by atoms with Gasteiger partial charge in [-0.15, -0.1) is 0 Å². The van der Waals surface area contributed by atoms with E-state index < -0.39 is 10.0 Å². The number of unbranched alkanes of at least 4 members (excludes halogenated alkanes) is 1. The number of sulfonamides is 1. The molecule has 2 heterocycles. The van der Waals surface area contributed by atoms with E-state index >= 15 is 0 Å². The second kappa shape index (κ2) is 12.5. The summed E-state index contributed by atoms with van der Waals surface area (Å²) < 4.78 is 33.0. The molecule has 2 aromatic carbocycles. The number of hydrogen-bond donors (Lipinski definition) is 3. The number of anilines is 2. The Morgan fingerprint density at radius 1 is 1.03 bits per heavy atom. The van der Waals surface area contributed by atoms with Gasteiger partial charge < -0.3 is 20.3 Å². The topological polar surface area (TPSA) is 134 Å². The molecule has 3 amide bonds. The average Bonchev–Trinajstić information content (AvgIpc) is 3.57. The average molecular weight is 543 g/mol. The molecule has 2 fully saturated rings. The van der Waals surface area contributed by atoms with E-state index in [0.717, 1.165) is 25.7 Å². The Bertz CT molecular complexity index is 1240. The minimum Gasteiger partial charge on any atom is -0.377 e. The first kappa shape index (κ1) is 27.7. The van der Waals surface area contributed by atoms with Crippen molar-refractivity contribution in [2.45, 2.75) is 50.0 Å². The Morgan fingerprint density at radius 3 is 2.37 bits per heavy atom. The van der Waals surface area contributed by atoms with E-state index in [1.807, 2.05) is 0 Å². The molecule has 2 aliphatic heterocycles. The summed E-state index contributed by atoms with van der Waals surface area (Å²) >= 11 is 0. The number of benzene rings is 2. The highest BCUT2D eigenvalue weighted by Crippen LogP contribution is 2.21. The molecule has 2 saturated heterocycles. The molecule has 0 radical (unpaired) electrons. The predicted octanol–water partition coefficient (Wildman–Crippen LogP) is 2.98. The Labute approximate surface area is 223 Å². The first-order valence-electron chi connectivity index (χ1n) is 13.0. The number of likely N-dealkylation sites (tertiary alicyclic amines) is 1. The molecule has 0 aliphatic carbocycles. The zero-order valence-electron chi connectivity index (χ0n) is 21.4. The number of carbonyl (C=O) groups is 3. The smallest absolute Gasteiger partial charge is 0.255 e. The fourth-order valence-corrected chi connectivity index (χ4v) is 5.54. The van der Waals surface area contributed by atoms with E-state index in [1.165, 1.54) is 24.3 Å². The molecular formula is C27H34N4O6S. The van der Waals surface area contributed by atoms with Gasteiger partial charge in [0.15, 0.2) is 0 Å². The minimum absolute atomic E-state index is 0.00573. The standard InChI is InChI=1S/C27H34N4O6S/c1-2-3-14-31-18-20(16-25(31)32)27(34)30-21-8-6-19(7-9-21)26(33)29-22-10-12-24(13-11-22)38(35,36)28-17-23-5-4-15-37-23/h6-13,20,23,28H,2-5,14-18H2,1H3,(H,29,33)(H,30,34). The molecule has 0 spiro atoms. The van der Waals surface area contributed by atoms with E-state index in [0.29, 0.717) is 36.6 Å². The Balaban J connectivity index is 1.28. The van der Waals surface area contributed by atoms with Gasteiger partial charge in [-0.2, -0.15) is 0 Å². The normalized spacial score (nSPS) is 19.5. The van der Waals surface area contributed by atoms with Crippen LogP contribution in [0.4, 0.5) is 11.4 Å². The summed E-state index contributed by atoms with van der Waals surface area (Å²) in [7, 11) is -3.68. The van der Waals surface area contributed by atoms with Crippen LogP contribution in [0, 0.1) is 5.92 Å². The number of rotatable bonds is 11. The summed E-state index contributed by atoms with van der Waals surface area (Å²) in [5.41, 5.74) is 1.36. The van der Waals surface area contributed by atoms with Crippen molar-refractivity contribution in [1.82, 2.24) is 9.62 Å². The SMILES string of the molecule is CCCCN1CC(C(=O)Nc2ccc(C(=O)Nc3ccc(S(=O)(=O)NCC4CCCO4)cc3)cc2)CC1=O. The fourth-order valence-electron chi connectivity index (χ4n) is 4.47. The highest BCUT2D eigenvalue weighted by atomic mass is 32.2. The molecule has 0 saturated carbocycles. The molecule has 0 aromatic heterocycles. The largest absolute Gasteiger partial charge is 0.377 e. The predicted molar refractivity (Wildman–Crippen MR) is 143 cm³/mol. The lowest BCUT2D eigenvalue weighted by Crippen LogP contribution is -2.31. The quantitative estimate of drug-likeness (QED) is 0.400. The van der Waals surface area contributed by atoms with Crippen LogP contribution in [-0.2, 0) is 24.3 Å². The van der Waals surface area contributed by atoms with Crippen LogP contribution in [0.15, 0.2) is 53.4 Å². The van der Waals surface area contributed by atoms with E-state index in [-0.39, 0.29) is 47.6 Å². The lowest BCUT2D eigenvalue weighted by molar-refractivity contribution is -0.128. The van der Waals surface area contributed by atoms with Crippen LogP contribution in [0.1, 0.15) is 49.4 Å². The van der Waals surface area contributed by atoms with Gasteiger partial charge in [0, 0.05) is 49.6 Å². The minimum atomic E-state index is -3.68. The third-order valence-corrected chi connectivity index (χ3v) is 8.17. The number of ether oxygens (including phenoxy) is 1. The van der Waals surface area contributed by atoms with Gasteiger partial charge in [0.2, 0.25) is 21.8 Å². The van der Waals surface area contributed by atoms with Crippen molar-refractivity contribution in [2.75, 3.05) is 36.9 Å². The van der Waals surface area contributed by atoms with Gasteiger partial charge in [-0.3, -0.25) is 14.4 Å². The van der Waals surface area contributed by atoms with Gasteiger partial charge in [-0.25, -0.2) is 13.1 Å². The molecular weight excluding hydrogens is 508 g/mol. The fraction of sp³-hybridized carbons (Fsp3) is 0.444. The monoisotopic (exact) mass is 542 g/mol. The summed E-state index contributed by atoms with van der Waals surface area (Å²) in [5, 5.41) is 5.57. The van der Waals surface area contributed by atoms with Gasteiger partial charge in [0.25, 0.3) is 5.91 Å². The Morgan fingerprint density at radius 2 is 1.71 bits per heavy atom. The molecule has 38 heavy (non-hydrogen) atoms. The second-order valence-electron chi connectivity index (χ2n) is 9.63. The van der Waals surface area contributed by atoms with Gasteiger partial charge in [-0.1, -0.05) is 13.3 Å². The van der Waals surface area contributed by atoms with Crippen molar-refractivity contribution in [3.05, 3.63) is 54.1 Å². The van der Waals surface area contributed by atoms with E-state index in [9.17, 15) is 22.8 Å². The first-order chi connectivity index (χ1) is 18.2. The highest BCUT2D eigenvalue weighted by molar-refractivity contribution is 7.89. The van der Waals surface area contributed by atoms with Crippen LogP contribution in [-0.4, -0.2) is 63.4 Å². The molecule has 11 heteroatoms. The molecule has 3 N–H and O–H groups in total. The van der Waals surface area contributed by atoms with Gasteiger partial charge in [0.05, 0.1) is 16.9 Å². The van der Waals surface area contributed by atoms with Crippen molar-refractivity contribution in [3.63, 3.8) is 0 Å². The number of hydrogen-bond acceptors (Lipinski definition) is 6. The van der Waals surface area contributed by atoms with Crippen molar-refractivity contribution in [3.8, 4) is 0 Å². The number of nitrogens with one attached hydrogen (secondary N) is 3. The summed E-state index contributed by atoms with van der Waals surface area (Å²) in [4.78, 5) is 39.3. The molecule has 204 valence electrons. The maximum atomic E-state index is 12.7. The Hall–Kier alpha value is -3.28. The van der Waals surface area contributed by atoms with Crippen LogP contribution in [0.3, 0.4) is 0 Å². The van der Waals surface area contributed by atoms with E-state index in [4.69, 9.17) is 4.74 Å². The third-order valence-electron chi connectivity index (χ3n) is 6.73. The Kier molecular flexibility index (Phi) is 9.13. The van der Waals surface area contributed by atoms with Crippen molar-refractivity contribution in [2.24, 2.45) is 5.92 Å². The maximum absolute atomic E-state index is 12.7.